The summed E-state index contributed by atoms with van der Waals surface area (Å²) in [5.74, 6) is -2.15. The fourth-order valence-corrected chi connectivity index (χ4v) is 3.25. The van der Waals surface area contributed by atoms with E-state index >= 15 is 0 Å². The second-order valence-electron chi connectivity index (χ2n) is 8.09. The van der Waals surface area contributed by atoms with Gasteiger partial charge in [-0.25, -0.2) is 9.59 Å². The van der Waals surface area contributed by atoms with Crippen LogP contribution in [0.2, 0.25) is 0 Å². The number of unbranched alkanes of at least 4 members (excludes halogenated alkanes) is 4. The molecular formula is C22H38N2O6. The molecule has 0 saturated carbocycles. The van der Waals surface area contributed by atoms with Crippen LogP contribution in [0.5, 0.6) is 0 Å². The number of carbonyl (C=O) groups excluding carboxylic acids is 4. The van der Waals surface area contributed by atoms with E-state index in [-0.39, 0.29) is 0 Å². The van der Waals surface area contributed by atoms with E-state index in [2.05, 4.69) is 0 Å². The molecule has 1 saturated heterocycles. The molecule has 8 nitrogen and oxygen atoms in total. The molecule has 172 valence electrons. The molecule has 1 aliphatic rings. The molecule has 0 aromatic heterocycles. The molecule has 0 aromatic carbocycles. The molecule has 0 radical (unpaired) electrons. The van der Waals surface area contributed by atoms with E-state index in [4.69, 9.17) is 9.47 Å². The first-order valence-electron chi connectivity index (χ1n) is 11.1. The molecule has 0 aromatic rings. The highest BCUT2D eigenvalue weighted by atomic mass is 16.6. The Morgan fingerprint density at radius 3 is 1.30 bits per heavy atom. The Balaban J connectivity index is 3.17. The van der Waals surface area contributed by atoms with Crippen molar-refractivity contribution in [3.8, 4) is 0 Å². The van der Waals surface area contributed by atoms with Crippen LogP contribution < -0.4 is 0 Å². The van der Waals surface area contributed by atoms with Gasteiger partial charge >= 0.3 is 11.9 Å². The third-order valence-corrected chi connectivity index (χ3v) is 5.75. The number of nitrogens with zero attached hydrogens (tertiary/aromatic N) is 2. The highest BCUT2D eigenvalue weighted by Gasteiger charge is 2.38. The van der Waals surface area contributed by atoms with Crippen molar-refractivity contribution in [2.24, 2.45) is 0 Å². The first kappa shape index (κ1) is 25.9. The molecule has 2 amide bonds. The Bertz CT molecular complexity index is 556. The third-order valence-electron chi connectivity index (χ3n) is 5.75. The van der Waals surface area contributed by atoms with Gasteiger partial charge in [-0.1, -0.05) is 39.5 Å². The number of esters is 2. The minimum absolute atomic E-state index is 0.370. The summed E-state index contributed by atoms with van der Waals surface area (Å²) in [6.07, 6.45) is 3.91. The van der Waals surface area contributed by atoms with Crippen LogP contribution in [0.15, 0.2) is 0 Å². The summed E-state index contributed by atoms with van der Waals surface area (Å²) in [5.41, 5.74) is 0. The maximum absolute atomic E-state index is 13.0. The van der Waals surface area contributed by atoms with E-state index in [0.717, 1.165) is 38.5 Å². The number of likely N-dealkylation sites (N-methyl/N-ethyl adjacent to an activating group) is 2. The highest BCUT2D eigenvalue weighted by molar-refractivity contribution is 5.92. The van der Waals surface area contributed by atoms with Crippen molar-refractivity contribution < 1.29 is 28.7 Å². The minimum atomic E-state index is -0.991. The second kappa shape index (κ2) is 12.5. The van der Waals surface area contributed by atoms with Gasteiger partial charge in [0.15, 0.2) is 12.2 Å². The predicted molar refractivity (Wildman–Crippen MR) is 113 cm³/mol. The van der Waals surface area contributed by atoms with Crippen LogP contribution in [-0.2, 0) is 28.7 Å². The molecule has 1 heterocycles. The van der Waals surface area contributed by atoms with E-state index in [9.17, 15) is 19.2 Å². The Kier molecular flexibility index (Phi) is 10.8. The molecule has 30 heavy (non-hydrogen) atoms. The van der Waals surface area contributed by atoms with E-state index < -0.39 is 48.0 Å². The number of amides is 2. The van der Waals surface area contributed by atoms with E-state index in [1.807, 2.05) is 13.8 Å². The van der Waals surface area contributed by atoms with Gasteiger partial charge < -0.3 is 19.3 Å². The molecule has 4 atom stereocenters. The Morgan fingerprint density at radius 2 is 1.00 bits per heavy atom. The summed E-state index contributed by atoms with van der Waals surface area (Å²) >= 11 is 0. The van der Waals surface area contributed by atoms with E-state index in [1.54, 1.807) is 13.8 Å². The second-order valence-corrected chi connectivity index (χ2v) is 8.09. The number of hydrogen-bond donors (Lipinski definition) is 0. The lowest BCUT2D eigenvalue weighted by atomic mass is 10.1. The lowest BCUT2D eigenvalue weighted by Crippen LogP contribution is -2.53. The third kappa shape index (κ3) is 6.99. The van der Waals surface area contributed by atoms with Gasteiger partial charge in [-0.15, -0.1) is 0 Å². The summed E-state index contributed by atoms with van der Waals surface area (Å²) < 4.78 is 11.0. The predicted octanol–water partition coefficient (Wildman–Crippen LogP) is 2.68. The Morgan fingerprint density at radius 1 is 0.667 bits per heavy atom. The number of rotatable bonds is 8. The zero-order chi connectivity index (χ0) is 22.8. The van der Waals surface area contributed by atoms with Gasteiger partial charge in [0.1, 0.15) is 12.1 Å². The summed E-state index contributed by atoms with van der Waals surface area (Å²) in [6, 6.07) is -1.79. The molecule has 1 aliphatic heterocycles. The number of ether oxygens (including phenoxy) is 2. The monoisotopic (exact) mass is 426 g/mol. The first-order chi connectivity index (χ1) is 14.1. The molecule has 0 bridgehead atoms. The van der Waals surface area contributed by atoms with Crippen molar-refractivity contribution in [1.29, 1.82) is 0 Å². The maximum atomic E-state index is 13.0. The molecule has 0 spiro atoms. The fourth-order valence-electron chi connectivity index (χ4n) is 3.25. The molecular weight excluding hydrogens is 388 g/mol. The maximum Gasteiger partial charge on any atom is 0.329 e. The molecule has 0 N–H and O–H groups in total. The highest BCUT2D eigenvalue weighted by Crippen LogP contribution is 2.18. The molecule has 8 heteroatoms. The van der Waals surface area contributed by atoms with Crippen molar-refractivity contribution in [3.63, 3.8) is 0 Å². The van der Waals surface area contributed by atoms with Gasteiger partial charge in [-0.05, 0) is 39.5 Å². The van der Waals surface area contributed by atoms with Crippen LogP contribution in [0.3, 0.4) is 0 Å². The molecule has 0 aliphatic carbocycles. The van der Waals surface area contributed by atoms with Gasteiger partial charge in [0, 0.05) is 14.1 Å². The van der Waals surface area contributed by atoms with E-state index in [1.165, 1.54) is 23.9 Å². The topological polar surface area (TPSA) is 93.2 Å². The summed E-state index contributed by atoms with van der Waals surface area (Å²) in [5, 5.41) is 0. The Labute approximate surface area is 180 Å². The average molecular weight is 427 g/mol. The zero-order valence-corrected chi connectivity index (χ0v) is 19.3. The van der Waals surface area contributed by atoms with Crippen LogP contribution in [0.4, 0.5) is 0 Å². The summed E-state index contributed by atoms with van der Waals surface area (Å²) in [6.45, 7) is 7.19. The summed E-state index contributed by atoms with van der Waals surface area (Å²) in [7, 11) is 2.98. The van der Waals surface area contributed by atoms with E-state index in [0.29, 0.717) is 12.8 Å². The van der Waals surface area contributed by atoms with Gasteiger partial charge in [-0.3, -0.25) is 9.59 Å². The van der Waals surface area contributed by atoms with Crippen LogP contribution in [-0.4, -0.2) is 71.9 Å². The van der Waals surface area contributed by atoms with Gasteiger partial charge in [-0.2, -0.15) is 0 Å². The number of carbonyl (C=O) groups is 4. The largest absolute Gasteiger partial charge is 0.451 e. The minimum Gasteiger partial charge on any atom is -0.451 e. The van der Waals surface area contributed by atoms with Crippen molar-refractivity contribution in [2.45, 2.75) is 103 Å². The fraction of sp³-hybridized carbons (Fsp3) is 0.818. The van der Waals surface area contributed by atoms with Crippen LogP contribution in [0.25, 0.3) is 0 Å². The van der Waals surface area contributed by atoms with Crippen molar-refractivity contribution in [1.82, 2.24) is 9.80 Å². The van der Waals surface area contributed by atoms with Crippen LogP contribution in [0.1, 0.15) is 79.1 Å². The van der Waals surface area contributed by atoms with Crippen molar-refractivity contribution in [3.05, 3.63) is 0 Å². The average Bonchev–Trinajstić information content (AvgIpc) is 2.73. The quantitative estimate of drug-likeness (QED) is 0.438. The van der Waals surface area contributed by atoms with Crippen LogP contribution in [0, 0.1) is 0 Å². The number of hydrogen-bond acceptors (Lipinski definition) is 6. The smallest absolute Gasteiger partial charge is 0.329 e. The van der Waals surface area contributed by atoms with Crippen molar-refractivity contribution in [2.75, 3.05) is 14.1 Å². The SMILES string of the molecule is CCCCC[C@@H]1OC(=O)[C@@H](C)N(C)C(=O)[C@H](CCCCC)OC(=O)[C@@H](C)N(C)C1=O. The van der Waals surface area contributed by atoms with Gasteiger partial charge in [0.05, 0.1) is 0 Å². The normalized spacial score (nSPS) is 26.7. The summed E-state index contributed by atoms with van der Waals surface area (Å²) in [4.78, 5) is 53.8. The molecule has 0 unspecified atom stereocenters. The van der Waals surface area contributed by atoms with Crippen LogP contribution >= 0.6 is 0 Å². The molecule has 1 fully saturated rings. The lowest BCUT2D eigenvalue weighted by molar-refractivity contribution is -0.176. The Hall–Kier alpha value is -2.12. The standard InChI is InChI=1S/C22H38N2O6/c1-7-9-11-13-17-19(25)23(5)16(4)22(28)30-18(14-12-10-8-2)20(26)24(6)15(3)21(27)29-17/h15-18H,7-14H2,1-6H3/t15-,16-,17+,18+/m1/s1. The zero-order valence-electron chi connectivity index (χ0n) is 19.3. The lowest BCUT2D eigenvalue weighted by Gasteiger charge is -2.33. The van der Waals surface area contributed by atoms with Gasteiger partial charge in [0.25, 0.3) is 11.8 Å². The molecule has 1 rings (SSSR count). The first-order valence-corrected chi connectivity index (χ1v) is 11.1. The van der Waals surface area contributed by atoms with Crippen molar-refractivity contribution >= 4 is 23.8 Å². The van der Waals surface area contributed by atoms with Gasteiger partial charge in [0.2, 0.25) is 0 Å². The number of cyclic esters (lactones) is 2.